The second-order valence-corrected chi connectivity index (χ2v) is 7.63. The number of methoxy groups -OCH3 is 1. The van der Waals surface area contributed by atoms with E-state index in [0.717, 1.165) is 16.7 Å². The number of benzene rings is 2. The lowest BCUT2D eigenvalue weighted by molar-refractivity contribution is 0.185. The van der Waals surface area contributed by atoms with Crippen LogP contribution in [0.5, 0.6) is 0 Å². The Morgan fingerprint density at radius 2 is 1.73 bits per heavy atom. The molecule has 0 fully saturated rings. The van der Waals surface area contributed by atoms with Crippen LogP contribution in [0.25, 0.3) is 11.1 Å². The summed E-state index contributed by atoms with van der Waals surface area (Å²) in [4.78, 5) is 0.252. The molecule has 0 atom stereocenters. The van der Waals surface area contributed by atoms with E-state index in [0.29, 0.717) is 11.6 Å². The zero-order chi connectivity index (χ0) is 16.3. The van der Waals surface area contributed by atoms with Gasteiger partial charge in [0.15, 0.2) is 0 Å². The van der Waals surface area contributed by atoms with Crippen LogP contribution in [-0.4, -0.2) is 33.9 Å². The molecule has 0 N–H and O–H groups in total. The van der Waals surface area contributed by atoms with Crippen LogP contribution in [0, 0.1) is 0 Å². The minimum Gasteiger partial charge on any atom is -0.380 e. The predicted octanol–water partition coefficient (Wildman–Crippen LogP) is 3.40. The molecule has 0 aromatic heterocycles. The summed E-state index contributed by atoms with van der Waals surface area (Å²) in [7, 11) is 1.14. The summed E-state index contributed by atoms with van der Waals surface area (Å²) in [5, 5.41) is 0.656. The zero-order valence-electron chi connectivity index (χ0n) is 12.7. The summed E-state index contributed by atoms with van der Waals surface area (Å²) in [6, 6.07) is 12.5. The number of hydrogen-bond donors (Lipinski definition) is 0. The third-order valence-corrected chi connectivity index (χ3v) is 5.37. The Morgan fingerprint density at radius 1 is 1.09 bits per heavy atom. The SMILES string of the molecule is COCc1cc(S(=O)(=O)N(C)C)ccc1-c1ccc(Cl)cc1. The van der Waals surface area contributed by atoms with Gasteiger partial charge in [-0.25, -0.2) is 12.7 Å². The normalized spacial score (nSPS) is 11.9. The highest BCUT2D eigenvalue weighted by Crippen LogP contribution is 2.28. The molecule has 0 aliphatic carbocycles. The van der Waals surface area contributed by atoms with Crippen LogP contribution in [0.2, 0.25) is 5.02 Å². The Kier molecular flexibility index (Phi) is 5.24. The Labute approximate surface area is 136 Å². The Hall–Kier alpha value is -1.40. The fourth-order valence-corrected chi connectivity index (χ4v) is 3.21. The van der Waals surface area contributed by atoms with E-state index in [2.05, 4.69) is 0 Å². The number of ether oxygens (including phenoxy) is 1. The summed E-state index contributed by atoms with van der Waals surface area (Å²) >= 11 is 5.91. The molecule has 118 valence electrons. The smallest absolute Gasteiger partial charge is 0.242 e. The molecule has 0 bridgehead atoms. The van der Waals surface area contributed by atoms with E-state index in [1.165, 1.54) is 18.4 Å². The number of nitrogens with zero attached hydrogens (tertiary/aromatic N) is 1. The predicted molar refractivity (Wildman–Crippen MR) is 88.5 cm³/mol. The van der Waals surface area contributed by atoms with Crippen molar-refractivity contribution in [1.82, 2.24) is 4.31 Å². The lowest BCUT2D eigenvalue weighted by Gasteiger charge is -2.15. The van der Waals surface area contributed by atoms with Crippen LogP contribution < -0.4 is 0 Å². The second-order valence-electron chi connectivity index (χ2n) is 5.05. The van der Waals surface area contributed by atoms with Crippen molar-refractivity contribution in [2.75, 3.05) is 21.2 Å². The molecule has 2 aromatic rings. The van der Waals surface area contributed by atoms with Crippen LogP contribution in [0.15, 0.2) is 47.4 Å². The first kappa shape index (κ1) is 17.0. The van der Waals surface area contributed by atoms with Gasteiger partial charge in [0.25, 0.3) is 0 Å². The van der Waals surface area contributed by atoms with Crippen LogP contribution in [-0.2, 0) is 21.4 Å². The minimum absolute atomic E-state index is 0.252. The van der Waals surface area contributed by atoms with Crippen molar-refractivity contribution < 1.29 is 13.2 Å². The molecule has 6 heteroatoms. The van der Waals surface area contributed by atoms with E-state index in [4.69, 9.17) is 16.3 Å². The maximum atomic E-state index is 12.2. The van der Waals surface area contributed by atoms with Gasteiger partial charge in [-0.15, -0.1) is 0 Å². The summed E-state index contributed by atoms with van der Waals surface area (Å²) in [5.41, 5.74) is 2.70. The van der Waals surface area contributed by atoms with Crippen molar-refractivity contribution in [3.05, 3.63) is 53.1 Å². The maximum Gasteiger partial charge on any atom is 0.242 e. The van der Waals surface area contributed by atoms with Gasteiger partial charge in [0.05, 0.1) is 11.5 Å². The molecule has 0 radical (unpaired) electrons. The average Bonchev–Trinajstić information content (AvgIpc) is 2.48. The van der Waals surface area contributed by atoms with Gasteiger partial charge in [0, 0.05) is 26.2 Å². The van der Waals surface area contributed by atoms with Gasteiger partial charge >= 0.3 is 0 Å². The van der Waals surface area contributed by atoms with E-state index in [-0.39, 0.29) is 4.90 Å². The molecule has 2 rings (SSSR count). The fourth-order valence-electron chi connectivity index (χ4n) is 2.13. The van der Waals surface area contributed by atoms with Gasteiger partial charge in [-0.2, -0.15) is 0 Å². The van der Waals surface area contributed by atoms with Crippen molar-refractivity contribution >= 4 is 21.6 Å². The second kappa shape index (κ2) is 6.79. The molecule has 0 unspecified atom stereocenters. The first-order valence-corrected chi connectivity index (χ1v) is 8.48. The molecule has 0 saturated heterocycles. The van der Waals surface area contributed by atoms with Gasteiger partial charge in [-0.3, -0.25) is 0 Å². The number of halogens is 1. The standard InChI is InChI=1S/C16H18ClNO3S/c1-18(2)22(19,20)15-8-9-16(13(10-15)11-21-3)12-4-6-14(17)7-5-12/h4-10H,11H2,1-3H3. The van der Waals surface area contributed by atoms with Crippen molar-refractivity contribution in [2.24, 2.45) is 0 Å². The number of rotatable bonds is 5. The van der Waals surface area contributed by atoms with Crippen molar-refractivity contribution in [1.29, 1.82) is 0 Å². The summed E-state index contributed by atoms with van der Waals surface area (Å²) in [6.45, 7) is 0.328. The Balaban J connectivity index is 2.55. The van der Waals surface area contributed by atoms with Crippen LogP contribution in [0.4, 0.5) is 0 Å². The summed E-state index contributed by atoms with van der Waals surface area (Å²) < 4.78 is 30.9. The average molecular weight is 340 g/mol. The lowest BCUT2D eigenvalue weighted by Crippen LogP contribution is -2.22. The Bertz CT molecular complexity index is 755. The quantitative estimate of drug-likeness (QED) is 0.838. The van der Waals surface area contributed by atoms with Crippen LogP contribution >= 0.6 is 11.6 Å². The first-order valence-electron chi connectivity index (χ1n) is 6.66. The molecule has 0 amide bonds. The molecule has 0 spiro atoms. The van der Waals surface area contributed by atoms with Crippen LogP contribution in [0.3, 0.4) is 0 Å². The molecule has 0 aliphatic rings. The van der Waals surface area contributed by atoms with Crippen molar-refractivity contribution in [2.45, 2.75) is 11.5 Å². The highest BCUT2D eigenvalue weighted by molar-refractivity contribution is 7.89. The van der Waals surface area contributed by atoms with E-state index >= 15 is 0 Å². The fraction of sp³-hybridized carbons (Fsp3) is 0.250. The van der Waals surface area contributed by atoms with Crippen molar-refractivity contribution in [3.8, 4) is 11.1 Å². The molecule has 22 heavy (non-hydrogen) atoms. The van der Waals surface area contributed by atoms with Gasteiger partial charge in [-0.1, -0.05) is 29.8 Å². The summed E-state index contributed by atoms with van der Waals surface area (Å²) in [5.74, 6) is 0. The maximum absolute atomic E-state index is 12.2. The zero-order valence-corrected chi connectivity index (χ0v) is 14.3. The molecule has 2 aromatic carbocycles. The van der Waals surface area contributed by atoms with E-state index in [1.54, 1.807) is 37.4 Å². The highest BCUT2D eigenvalue weighted by atomic mass is 35.5. The molecule has 0 heterocycles. The summed E-state index contributed by atoms with van der Waals surface area (Å²) in [6.07, 6.45) is 0. The van der Waals surface area contributed by atoms with E-state index in [1.807, 2.05) is 12.1 Å². The monoisotopic (exact) mass is 339 g/mol. The molecule has 0 aliphatic heterocycles. The third kappa shape index (κ3) is 3.50. The molecular weight excluding hydrogens is 322 g/mol. The third-order valence-electron chi connectivity index (χ3n) is 3.31. The minimum atomic E-state index is -3.47. The first-order chi connectivity index (χ1) is 10.4. The van der Waals surface area contributed by atoms with Gasteiger partial charge in [-0.05, 0) is 41.0 Å². The van der Waals surface area contributed by atoms with E-state index in [9.17, 15) is 8.42 Å². The Morgan fingerprint density at radius 3 is 2.27 bits per heavy atom. The van der Waals surface area contributed by atoms with Crippen molar-refractivity contribution in [3.63, 3.8) is 0 Å². The van der Waals surface area contributed by atoms with Crippen LogP contribution in [0.1, 0.15) is 5.56 Å². The highest BCUT2D eigenvalue weighted by Gasteiger charge is 2.19. The molecule has 4 nitrogen and oxygen atoms in total. The number of hydrogen-bond acceptors (Lipinski definition) is 3. The van der Waals surface area contributed by atoms with E-state index < -0.39 is 10.0 Å². The topological polar surface area (TPSA) is 46.6 Å². The van der Waals surface area contributed by atoms with Gasteiger partial charge in [0.2, 0.25) is 10.0 Å². The molecular formula is C16H18ClNO3S. The largest absolute Gasteiger partial charge is 0.380 e. The van der Waals surface area contributed by atoms with Gasteiger partial charge in [0.1, 0.15) is 0 Å². The number of sulfonamides is 1. The van der Waals surface area contributed by atoms with Gasteiger partial charge < -0.3 is 4.74 Å². The molecule has 0 saturated carbocycles. The lowest BCUT2D eigenvalue weighted by atomic mass is 10.0.